The Hall–Kier alpha value is -1.90. The molecule has 82 valence electrons. The number of benzene rings is 1. The summed E-state index contributed by atoms with van der Waals surface area (Å²) in [6.07, 6.45) is 0.134. The zero-order chi connectivity index (χ0) is 11.7. The fraction of sp³-hybridized carbons (Fsp3) is 0.231. The first kappa shape index (κ1) is 10.6. The Morgan fingerprint density at radius 2 is 2.06 bits per heavy atom. The van der Waals surface area contributed by atoms with E-state index in [-0.39, 0.29) is 12.2 Å². The first-order valence-corrected chi connectivity index (χ1v) is 5.12. The molecule has 0 saturated heterocycles. The summed E-state index contributed by atoms with van der Waals surface area (Å²) in [4.78, 5) is 22.5. The van der Waals surface area contributed by atoms with E-state index in [2.05, 4.69) is 0 Å². The van der Waals surface area contributed by atoms with Crippen molar-refractivity contribution in [2.45, 2.75) is 19.8 Å². The quantitative estimate of drug-likeness (QED) is 0.823. The molecule has 0 aromatic heterocycles. The molecule has 0 heterocycles. The van der Waals surface area contributed by atoms with Gasteiger partial charge in [-0.15, -0.1) is 0 Å². The molecule has 0 amide bonds. The Labute approximate surface area is 93.4 Å². The van der Waals surface area contributed by atoms with Gasteiger partial charge in [-0.3, -0.25) is 9.59 Å². The number of ketones is 1. The van der Waals surface area contributed by atoms with Crippen LogP contribution in [-0.2, 0) is 16.0 Å². The molecule has 0 fully saturated rings. The van der Waals surface area contributed by atoms with Crippen molar-refractivity contribution in [3.63, 3.8) is 0 Å². The van der Waals surface area contributed by atoms with Crippen molar-refractivity contribution >= 4 is 17.3 Å². The van der Waals surface area contributed by atoms with Crippen LogP contribution in [0.5, 0.6) is 0 Å². The Balaban J connectivity index is 2.52. The van der Waals surface area contributed by atoms with Gasteiger partial charge in [0.1, 0.15) is 0 Å². The van der Waals surface area contributed by atoms with Gasteiger partial charge in [0.15, 0.2) is 5.78 Å². The third-order valence-corrected chi connectivity index (χ3v) is 2.89. The lowest BCUT2D eigenvalue weighted by Crippen LogP contribution is -2.17. The van der Waals surface area contributed by atoms with Gasteiger partial charge < -0.3 is 5.11 Å². The van der Waals surface area contributed by atoms with Crippen LogP contribution in [-0.4, -0.2) is 16.9 Å². The standard InChI is InChI=1S/C13H12O3/c1-8-10-5-3-2-4-9(10)6-12(14)11(8)7-13(15)16/h2-5H,6-7H2,1H3,(H,15,16). The molecule has 3 heteroatoms. The Kier molecular flexibility index (Phi) is 2.60. The molecule has 0 atom stereocenters. The minimum atomic E-state index is -0.956. The lowest BCUT2D eigenvalue weighted by molar-refractivity contribution is -0.137. The number of fused-ring (bicyclic) bond motifs is 1. The lowest BCUT2D eigenvalue weighted by atomic mass is 9.84. The van der Waals surface area contributed by atoms with Crippen LogP contribution in [0.3, 0.4) is 0 Å². The van der Waals surface area contributed by atoms with Gasteiger partial charge in [0.25, 0.3) is 0 Å². The van der Waals surface area contributed by atoms with E-state index in [4.69, 9.17) is 5.11 Å². The van der Waals surface area contributed by atoms with Crippen molar-refractivity contribution in [3.8, 4) is 0 Å². The second-order valence-corrected chi connectivity index (χ2v) is 3.93. The number of allylic oxidation sites excluding steroid dienone is 1. The number of carboxylic acid groups (broad SMARTS) is 1. The van der Waals surface area contributed by atoms with Crippen LogP contribution in [0.15, 0.2) is 29.8 Å². The van der Waals surface area contributed by atoms with Gasteiger partial charge in [-0.05, 0) is 23.6 Å². The molecule has 0 radical (unpaired) electrons. The lowest BCUT2D eigenvalue weighted by Gasteiger charge is -2.19. The van der Waals surface area contributed by atoms with Crippen molar-refractivity contribution in [1.82, 2.24) is 0 Å². The normalized spacial score (nSPS) is 14.9. The molecule has 0 saturated carbocycles. The molecule has 1 aromatic rings. The molecular weight excluding hydrogens is 204 g/mol. The highest BCUT2D eigenvalue weighted by Gasteiger charge is 2.23. The number of carbonyl (C=O) groups excluding carboxylic acids is 1. The van der Waals surface area contributed by atoms with E-state index in [1.807, 2.05) is 31.2 Å². The largest absolute Gasteiger partial charge is 0.481 e. The van der Waals surface area contributed by atoms with Gasteiger partial charge in [-0.25, -0.2) is 0 Å². The Bertz CT molecular complexity index is 498. The Morgan fingerprint density at radius 3 is 2.75 bits per heavy atom. The smallest absolute Gasteiger partial charge is 0.307 e. The Morgan fingerprint density at radius 1 is 1.38 bits per heavy atom. The molecule has 0 aliphatic heterocycles. The van der Waals surface area contributed by atoms with E-state index < -0.39 is 5.97 Å². The molecule has 3 nitrogen and oxygen atoms in total. The average Bonchev–Trinajstić information content (AvgIpc) is 2.24. The van der Waals surface area contributed by atoms with E-state index in [0.717, 1.165) is 16.7 Å². The summed E-state index contributed by atoms with van der Waals surface area (Å²) >= 11 is 0. The van der Waals surface area contributed by atoms with Gasteiger partial charge >= 0.3 is 5.97 Å². The first-order chi connectivity index (χ1) is 7.59. The average molecular weight is 216 g/mol. The SMILES string of the molecule is CC1=C(CC(=O)O)C(=O)Cc2ccccc21. The predicted octanol–water partition coefficient (Wildman–Crippen LogP) is 2.06. The van der Waals surface area contributed by atoms with Gasteiger partial charge in [-0.1, -0.05) is 24.3 Å². The molecule has 0 bridgehead atoms. The molecule has 0 spiro atoms. The summed E-state index contributed by atoms with van der Waals surface area (Å²) in [6, 6.07) is 7.63. The van der Waals surface area contributed by atoms with Crippen molar-refractivity contribution in [2.75, 3.05) is 0 Å². The van der Waals surface area contributed by atoms with E-state index in [1.54, 1.807) is 0 Å². The van der Waals surface area contributed by atoms with Gasteiger partial charge in [-0.2, -0.15) is 0 Å². The van der Waals surface area contributed by atoms with E-state index in [1.165, 1.54) is 0 Å². The number of rotatable bonds is 2. The summed E-state index contributed by atoms with van der Waals surface area (Å²) in [5, 5.41) is 8.76. The second-order valence-electron chi connectivity index (χ2n) is 3.93. The van der Waals surface area contributed by atoms with Crippen molar-refractivity contribution in [3.05, 3.63) is 41.0 Å². The van der Waals surface area contributed by atoms with Crippen LogP contribution in [0.4, 0.5) is 0 Å². The topological polar surface area (TPSA) is 54.4 Å². The minimum absolute atomic E-state index is 0.0707. The van der Waals surface area contributed by atoms with Crippen LogP contribution in [0.25, 0.3) is 5.57 Å². The third kappa shape index (κ3) is 1.76. The van der Waals surface area contributed by atoms with E-state index in [9.17, 15) is 9.59 Å². The summed E-state index contributed by atoms with van der Waals surface area (Å²) in [6.45, 7) is 1.81. The van der Waals surface area contributed by atoms with Crippen LogP contribution >= 0.6 is 0 Å². The van der Waals surface area contributed by atoms with Crippen LogP contribution in [0.1, 0.15) is 24.5 Å². The fourth-order valence-electron chi connectivity index (χ4n) is 2.07. The minimum Gasteiger partial charge on any atom is -0.481 e. The number of hydrogen-bond donors (Lipinski definition) is 1. The number of aliphatic carboxylic acids is 1. The number of hydrogen-bond acceptors (Lipinski definition) is 2. The third-order valence-electron chi connectivity index (χ3n) is 2.89. The maximum atomic E-state index is 11.8. The zero-order valence-corrected chi connectivity index (χ0v) is 8.99. The molecule has 16 heavy (non-hydrogen) atoms. The number of carboxylic acids is 1. The summed E-state index contributed by atoms with van der Waals surface area (Å²) in [5.41, 5.74) is 3.22. The van der Waals surface area contributed by atoms with Crippen molar-refractivity contribution in [1.29, 1.82) is 0 Å². The van der Waals surface area contributed by atoms with Crippen LogP contribution < -0.4 is 0 Å². The van der Waals surface area contributed by atoms with Gasteiger partial charge in [0, 0.05) is 12.0 Å². The van der Waals surface area contributed by atoms with Gasteiger partial charge in [0.05, 0.1) is 6.42 Å². The maximum Gasteiger partial charge on any atom is 0.307 e. The molecule has 1 aromatic carbocycles. The van der Waals surface area contributed by atoms with Crippen LogP contribution in [0, 0.1) is 0 Å². The second kappa shape index (κ2) is 3.93. The van der Waals surface area contributed by atoms with E-state index >= 15 is 0 Å². The summed E-state index contributed by atoms with van der Waals surface area (Å²) < 4.78 is 0. The maximum absolute atomic E-state index is 11.8. The first-order valence-electron chi connectivity index (χ1n) is 5.12. The summed E-state index contributed by atoms with van der Waals surface area (Å²) in [7, 11) is 0. The van der Waals surface area contributed by atoms with Crippen LogP contribution in [0.2, 0.25) is 0 Å². The molecule has 1 aliphatic rings. The van der Waals surface area contributed by atoms with E-state index in [0.29, 0.717) is 12.0 Å². The highest BCUT2D eigenvalue weighted by Crippen LogP contribution is 2.30. The monoisotopic (exact) mass is 216 g/mol. The molecular formula is C13H12O3. The molecule has 1 aliphatic carbocycles. The summed E-state index contributed by atoms with van der Waals surface area (Å²) in [5.74, 6) is -1.03. The highest BCUT2D eigenvalue weighted by atomic mass is 16.4. The van der Waals surface area contributed by atoms with Crippen molar-refractivity contribution < 1.29 is 14.7 Å². The molecule has 0 unspecified atom stereocenters. The molecule has 1 N–H and O–H groups in total. The number of carbonyl (C=O) groups is 2. The predicted molar refractivity (Wildman–Crippen MR) is 60.0 cm³/mol. The zero-order valence-electron chi connectivity index (χ0n) is 8.99. The highest BCUT2D eigenvalue weighted by molar-refractivity contribution is 6.09. The fourth-order valence-corrected chi connectivity index (χ4v) is 2.07. The van der Waals surface area contributed by atoms with Crippen molar-refractivity contribution in [2.24, 2.45) is 0 Å². The number of Topliss-reactive ketones (excluding diaryl/α,β-unsaturated/α-hetero) is 1. The molecule has 2 rings (SSSR count). The van der Waals surface area contributed by atoms with Gasteiger partial charge in [0.2, 0.25) is 0 Å².